The molecule has 0 radical (unpaired) electrons. The molecule has 2 unspecified atom stereocenters. The first-order valence-corrected chi connectivity index (χ1v) is 10.5. The molecule has 1 fully saturated rings. The molecule has 2 atom stereocenters. The van der Waals surface area contributed by atoms with Crippen molar-refractivity contribution in [1.82, 2.24) is 20.2 Å². The second-order valence-corrected chi connectivity index (χ2v) is 8.36. The topological polar surface area (TPSA) is 105 Å². The van der Waals surface area contributed by atoms with Crippen LogP contribution < -0.4 is 16.0 Å². The van der Waals surface area contributed by atoms with Crippen molar-refractivity contribution in [2.45, 2.75) is 64.3 Å². The Morgan fingerprint density at radius 2 is 2.07 bits per heavy atom. The molecule has 9 heteroatoms. The van der Waals surface area contributed by atoms with Crippen LogP contribution in [0.25, 0.3) is 0 Å². The van der Waals surface area contributed by atoms with E-state index in [-0.39, 0.29) is 17.9 Å². The number of amides is 1. The van der Waals surface area contributed by atoms with Crippen LogP contribution in [0.5, 0.6) is 0 Å². The molecule has 0 saturated heterocycles. The largest absolute Gasteiger partial charge is 0.356 e. The lowest BCUT2D eigenvalue weighted by Crippen LogP contribution is -2.43. The lowest BCUT2D eigenvalue weighted by Gasteiger charge is -2.30. The number of aromatic nitrogens is 4. The Kier molecular flexibility index (Phi) is 5.20. The summed E-state index contributed by atoms with van der Waals surface area (Å²) in [6.07, 6.45) is 8.62. The lowest BCUT2D eigenvalue weighted by molar-refractivity contribution is -0.118. The van der Waals surface area contributed by atoms with Gasteiger partial charge >= 0.3 is 0 Å². The Morgan fingerprint density at radius 1 is 1.26 bits per heavy atom. The number of fused-ring (bicyclic) bond motifs is 1. The minimum absolute atomic E-state index is 0.0603. The van der Waals surface area contributed by atoms with E-state index in [1.165, 1.54) is 38.4 Å². The SMILES string of the molecule is CCC(C)C1Nc2ncnc(Nc3nnc(C4CCCCC4)s3)c2NC1=O. The van der Waals surface area contributed by atoms with E-state index in [9.17, 15) is 4.79 Å². The molecule has 2 aliphatic rings. The highest BCUT2D eigenvalue weighted by Gasteiger charge is 2.32. The maximum absolute atomic E-state index is 12.5. The van der Waals surface area contributed by atoms with E-state index in [1.807, 2.05) is 0 Å². The molecule has 1 saturated carbocycles. The fraction of sp³-hybridized carbons (Fsp3) is 0.611. The molecule has 1 amide bonds. The zero-order valence-corrected chi connectivity index (χ0v) is 16.5. The second-order valence-electron chi connectivity index (χ2n) is 7.35. The monoisotopic (exact) mass is 387 g/mol. The zero-order chi connectivity index (χ0) is 18.8. The highest BCUT2D eigenvalue weighted by Crippen LogP contribution is 2.37. The summed E-state index contributed by atoms with van der Waals surface area (Å²) in [5.41, 5.74) is 0.566. The number of nitrogens with zero attached hydrogens (tertiary/aromatic N) is 4. The third-order valence-corrected chi connectivity index (χ3v) is 6.50. The average Bonchev–Trinajstić information content (AvgIpc) is 3.17. The van der Waals surface area contributed by atoms with E-state index in [2.05, 4.69) is 50.0 Å². The predicted octanol–water partition coefficient (Wildman–Crippen LogP) is 3.90. The Labute approximate surface area is 162 Å². The Hall–Kier alpha value is -2.29. The molecule has 1 aliphatic carbocycles. The van der Waals surface area contributed by atoms with Crippen LogP contribution >= 0.6 is 11.3 Å². The molecule has 2 aromatic rings. The van der Waals surface area contributed by atoms with Crippen molar-refractivity contribution < 1.29 is 4.79 Å². The molecule has 3 heterocycles. The Balaban J connectivity index is 1.53. The number of hydrogen-bond donors (Lipinski definition) is 3. The zero-order valence-electron chi connectivity index (χ0n) is 15.7. The van der Waals surface area contributed by atoms with E-state index >= 15 is 0 Å². The third-order valence-electron chi connectivity index (χ3n) is 5.50. The minimum Gasteiger partial charge on any atom is -0.356 e. The number of anilines is 4. The molecule has 144 valence electrons. The first-order chi connectivity index (χ1) is 13.2. The summed E-state index contributed by atoms with van der Waals surface area (Å²) in [6.45, 7) is 4.12. The fourth-order valence-electron chi connectivity index (χ4n) is 3.66. The molecule has 2 aromatic heterocycles. The van der Waals surface area contributed by atoms with Gasteiger partial charge in [-0.25, -0.2) is 9.97 Å². The third kappa shape index (κ3) is 3.73. The molecule has 27 heavy (non-hydrogen) atoms. The van der Waals surface area contributed by atoms with Crippen LogP contribution in [0.4, 0.5) is 22.5 Å². The van der Waals surface area contributed by atoms with Gasteiger partial charge in [0.15, 0.2) is 11.6 Å². The van der Waals surface area contributed by atoms with Gasteiger partial charge in [0.2, 0.25) is 11.0 Å². The van der Waals surface area contributed by atoms with Gasteiger partial charge in [0, 0.05) is 5.92 Å². The lowest BCUT2D eigenvalue weighted by atomic mass is 9.90. The van der Waals surface area contributed by atoms with E-state index in [4.69, 9.17) is 0 Å². The van der Waals surface area contributed by atoms with E-state index < -0.39 is 0 Å². The molecule has 3 N–H and O–H groups in total. The maximum Gasteiger partial charge on any atom is 0.247 e. The van der Waals surface area contributed by atoms with Gasteiger partial charge in [-0.15, -0.1) is 10.2 Å². The van der Waals surface area contributed by atoms with Gasteiger partial charge in [-0.2, -0.15) is 0 Å². The highest BCUT2D eigenvalue weighted by molar-refractivity contribution is 7.15. The van der Waals surface area contributed by atoms with Crippen molar-refractivity contribution in [2.24, 2.45) is 5.92 Å². The first-order valence-electron chi connectivity index (χ1n) is 9.68. The molecule has 0 bridgehead atoms. The van der Waals surface area contributed by atoms with Gasteiger partial charge in [-0.05, 0) is 18.8 Å². The molecule has 0 aromatic carbocycles. The van der Waals surface area contributed by atoms with Crippen LogP contribution in [0.3, 0.4) is 0 Å². The molecular weight excluding hydrogens is 362 g/mol. The first kappa shape index (κ1) is 18.1. The van der Waals surface area contributed by atoms with Crippen LogP contribution in [-0.4, -0.2) is 32.1 Å². The smallest absolute Gasteiger partial charge is 0.247 e. The highest BCUT2D eigenvalue weighted by atomic mass is 32.1. The van der Waals surface area contributed by atoms with Crippen molar-refractivity contribution in [3.8, 4) is 0 Å². The second kappa shape index (κ2) is 7.75. The number of hydrogen-bond acceptors (Lipinski definition) is 8. The average molecular weight is 388 g/mol. The number of rotatable bonds is 5. The van der Waals surface area contributed by atoms with Crippen molar-refractivity contribution in [3.63, 3.8) is 0 Å². The summed E-state index contributed by atoms with van der Waals surface area (Å²) in [5, 5.41) is 19.8. The number of carbonyl (C=O) groups excluding carboxylic acids is 1. The van der Waals surface area contributed by atoms with Gasteiger partial charge in [-0.3, -0.25) is 4.79 Å². The van der Waals surface area contributed by atoms with Crippen molar-refractivity contribution in [2.75, 3.05) is 16.0 Å². The molecule has 0 spiro atoms. The normalized spacial score (nSPS) is 21.1. The van der Waals surface area contributed by atoms with Crippen molar-refractivity contribution in [3.05, 3.63) is 11.3 Å². The Morgan fingerprint density at radius 3 is 2.85 bits per heavy atom. The van der Waals surface area contributed by atoms with Crippen molar-refractivity contribution in [1.29, 1.82) is 0 Å². The van der Waals surface area contributed by atoms with Crippen LogP contribution in [0.2, 0.25) is 0 Å². The summed E-state index contributed by atoms with van der Waals surface area (Å²) in [6, 6.07) is -0.287. The van der Waals surface area contributed by atoms with E-state index in [1.54, 1.807) is 11.3 Å². The molecule has 4 rings (SSSR count). The van der Waals surface area contributed by atoms with E-state index in [0.717, 1.165) is 11.4 Å². The van der Waals surface area contributed by atoms with Crippen LogP contribution in [-0.2, 0) is 4.79 Å². The molecular formula is C18H25N7OS. The predicted molar refractivity (Wildman–Crippen MR) is 107 cm³/mol. The van der Waals surface area contributed by atoms with Gasteiger partial charge in [-0.1, -0.05) is 50.9 Å². The summed E-state index contributed by atoms with van der Waals surface area (Å²) in [4.78, 5) is 21.1. The molecule has 8 nitrogen and oxygen atoms in total. The maximum atomic E-state index is 12.5. The van der Waals surface area contributed by atoms with Crippen LogP contribution in [0.1, 0.15) is 63.3 Å². The fourth-order valence-corrected chi connectivity index (χ4v) is 4.57. The van der Waals surface area contributed by atoms with Gasteiger partial charge < -0.3 is 16.0 Å². The number of nitrogens with one attached hydrogen (secondary N) is 3. The van der Waals surface area contributed by atoms with Crippen LogP contribution in [0.15, 0.2) is 6.33 Å². The van der Waals surface area contributed by atoms with Crippen LogP contribution in [0, 0.1) is 5.92 Å². The Bertz CT molecular complexity index is 818. The summed E-state index contributed by atoms with van der Waals surface area (Å²) < 4.78 is 0. The quantitative estimate of drug-likeness (QED) is 0.714. The minimum atomic E-state index is -0.287. The van der Waals surface area contributed by atoms with E-state index in [0.29, 0.717) is 28.4 Å². The van der Waals surface area contributed by atoms with Crippen molar-refractivity contribution >= 4 is 39.7 Å². The molecule has 1 aliphatic heterocycles. The summed E-state index contributed by atoms with van der Waals surface area (Å²) in [7, 11) is 0. The van der Waals surface area contributed by atoms with Gasteiger partial charge in [0.25, 0.3) is 0 Å². The number of carbonyl (C=O) groups is 1. The summed E-state index contributed by atoms with van der Waals surface area (Å²) in [5.74, 6) is 1.84. The van der Waals surface area contributed by atoms with Gasteiger partial charge in [0.1, 0.15) is 23.1 Å². The van der Waals surface area contributed by atoms with Gasteiger partial charge in [0.05, 0.1) is 0 Å². The standard InChI is InChI=1S/C18H25N7OS/c1-3-10(2)12-16(26)22-13-14(21-12)19-9-20-15(13)23-18-25-24-17(27-18)11-7-5-4-6-8-11/h9-12H,3-8H2,1-2H3,(H,22,26)(H2,19,20,21,23,25). The summed E-state index contributed by atoms with van der Waals surface area (Å²) >= 11 is 1.57.